The van der Waals surface area contributed by atoms with E-state index in [9.17, 15) is 0 Å². The third kappa shape index (κ3) is 4.78. The molecule has 1 heterocycles. The van der Waals surface area contributed by atoms with Gasteiger partial charge >= 0.3 is 0 Å². The molecule has 0 aromatic carbocycles. The van der Waals surface area contributed by atoms with Gasteiger partial charge in [0.2, 0.25) is 0 Å². The summed E-state index contributed by atoms with van der Waals surface area (Å²) in [6.07, 6.45) is 7.50. The Labute approximate surface area is 115 Å². The maximum atomic E-state index is 4.47. The van der Waals surface area contributed by atoms with Gasteiger partial charge in [0.25, 0.3) is 0 Å². The molecule has 0 aliphatic carbocycles. The second kappa shape index (κ2) is 8.27. The molecule has 0 aliphatic rings. The first-order valence-corrected chi connectivity index (χ1v) is 7.65. The van der Waals surface area contributed by atoms with Crippen molar-refractivity contribution in [3.8, 4) is 0 Å². The third-order valence-electron chi connectivity index (χ3n) is 2.81. The minimum Gasteiger partial charge on any atom is -0.349 e. The molecule has 0 saturated carbocycles. The maximum Gasteiger partial charge on any atom is 0.185 e. The molecule has 0 spiro atoms. The largest absolute Gasteiger partial charge is 0.349 e. The Hall–Kier alpha value is -0.870. The number of thiazole rings is 1. The molecular formula is C14H25N3S. The zero-order valence-electron chi connectivity index (χ0n) is 11.9. The van der Waals surface area contributed by atoms with E-state index in [-0.39, 0.29) is 0 Å². The van der Waals surface area contributed by atoms with Crippen LogP contribution in [0, 0.1) is 0 Å². The Bertz CT molecular complexity index is 356. The first kappa shape index (κ1) is 15.2. The Kier molecular flexibility index (Phi) is 6.98. The summed E-state index contributed by atoms with van der Waals surface area (Å²) in [6, 6.07) is 0.420. The highest BCUT2D eigenvalue weighted by Crippen LogP contribution is 2.23. The lowest BCUT2D eigenvalue weighted by Gasteiger charge is -2.16. The second-order valence-electron chi connectivity index (χ2n) is 4.32. The molecule has 18 heavy (non-hydrogen) atoms. The quantitative estimate of drug-likeness (QED) is 0.782. The van der Waals surface area contributed by atoms with Crippen LogP contribution in [0.1, 0.15) is 39.0 Å². The van der Waals surface area contributed by atoms with E-state index >= 15 is 0 Å². The van der Waals surface area contributed by atoms with Crippen molar-refractivity contribution in [1.82, 2.24) is 10.3 Å². The molecule has 1 aromatic rings. The van der Waals surface area contributed by atoms with Crippen molar-refractivity contribution < 1.29 is 0 Å². The fourth-order valence-electron chi connectivity index (χ4n) is 1.67. The monoisotopic (exact) mass is 267 g/mol. The van der Waals surface area contributed by atoms with Gasteiger partial charge in [0.15, 0.2) is 5.13 Å². The van der Waals surface area contributed by atoms with Gasteiger partial charge in [-0.2, -0.15) is 0 Å². The number of nitrogens with zero attached hydrogens (tertiary/aromatic N) is 2. The van der Waals surface area contributed by atoms with Gasteiger partial charge in [0, 0.05) is 30.2 Å². The molecule has 3 nitrogen and oxygen atoms in total. The minimum atomic E-state index is 0.420. The van der Waals surface area contributed by atoms with E-state index in [1.54, 1.807) is 11.3 Å². The predicted molar refractivity (Wildman–Crippen MR) is 82.5 cm³/mol. The van der Waals surface area contributed by atoms with Crippen LogP contribution in [0.2, 0.25) is 0 Å². The van der Waals surface area contributed by atoms with Crippen LogP contribution in [0.5, 0.6) is 0 Å². The Balaban J connectivity index is 2.55. The van der Waals surface area contributed by atoms with Crippen molar-refractivity contribution in [2.75, 3.05) is 24.5 Å². The maximum absolute atomic E-state index is 4.47. The smallest absolute Gasteiger partial charge is 0.185 e. The van der Waals surface area contributed by atoms with Crippen LogP contribution in [-0.2, 0) is 0 Å². The number of anilines is 1. The van der Waals surface area contributed by atoms with Crippen molar-refractivity contribution in [3.63, 3.8) is 0 Å². The summed E-state index contributed by atoms with van der Waals surface area (Å²) in [5, 5.41) is 4.56. The second-order valence-corrected chi connectivity index (χ2v) is 5.36. The van der Waals surface area contributed by atoms with Gasteiger partial charge < -0.3 is 10.2 Å². The Morgan fingerprint density at radius 3 is 2.72 bits per heavy atom. The topological polar surface area (TPSA) is 28.2 Å². The van der Waals surface area contributed by atoms with Gasteiger partial charge in [-0.1, -0.05) is 24.3 Å². The summed E-state index contributed by atoms with van der Waals surface area (Å²) in [4.78, 5) is 7.97. The van der Waals surface area contributed by atoms with Crippen LogP contribution in [-0.4, -0.2) is 30.7 Å². The highest BCUT2D eigenvalue weighted by molar-refractivity contribution is 7.16. The van der Waals surface area contributed by atoms with Gasteiger partial charge in [-0.05, 0) is 39.8 Å². The van der Waals surface area contributed by atoms with Gasteiger partial charge in [-0.15, -0.1) is 0 Å². The number of nitrogens with one attached hydrogen (secondary N) is 1. The molecule has 0 saturated heterocycles. The fraction of sp³-hybridized carbons (Fsp3) is 0.643. The molecule has 4 heteroatoms. The molecule has 1 rings (SSSR count). The van der Waals surface area contributed by atoms with Gasteiger partial charge in [0.1, 0.15) is 0 Å². The van der Waals surface area contributed by atoms with E-state index in [0.717, 1.165) is 24.8 Å². The average Bonchev–Trinajstić information content (AvgIpc) is 2.84. The first-order chi connectivity index (χ1) is 8.71. The summed E-state index contributed by atoms with van der Waals surface area (Å²) in [7, 11) is 0. The van der Waals surface area contributed by atoms with Gasteiger partial charge in [-0.25, -0.2) is 4.98 Å². The molecular weight excluding hydrogens is 242 g/mol. The van der Waals surface area contributed by atoms with E-state index < -0.39 is 0 Å². The average molecular weight is 267 g/mol. The van der Waals surface area contributed by atoms with E-state index in [1.807, 2.05) is 6.20 Å². The predicted octanol–water partition coefficient (Wildman–Crippen LogP) is 3.39. The third-order valence-corrected chi connectivity index (χ3v) is 3.83. The molecule has 1 unspecified atom stereocenters. The normalized spacial score (nSPS) is 13.1. The molecule has 0 bridgehead atoms. The highest BCUT2D eigenvalue weighted by Gasteiger charge is 2.06. The van der Waals surface area contributed by atoms with E-state index in [1.165, 1.54) is 11.3 Å². The fourth-order valence-corrected chi connectivity index (χ4v) is 2.63. The van der Waals surface area contributed by atoms with Crippen LogP contribution in [0.3, 0.4) is 0 Å². The number of rotatable bonds is 8. The Morgan fingerprint density at radius 2 is 2.11 bits per heavy atom. The number of hydrogen-bond donors (Lipinski definition) is 1. The van der Waals surface area contributed by atoms with Crippen LogP contribution < -0.4 is 10.2 Å². The molecule has 0 radical (unpaired) electrons. The lowest BCUT2D eigenvalue weighted by Crippen LogP contribution is -2.24. The van der Waals surface area contributed by atoms with E-state index in [2.05, 4.69) is 55.0 Å². The summed E-state index contributed by atoms with van der Waals surface area (Å²) < 4.78 is 0. The zero-order valence-corrected chi connectivity index (χ0v) is 12.8. The van der Waals surface area contributed by atoms with Crippen LogP contribution in [0.25, 0.3) is 6.08 Å². The van der Waals surface area contributed by atoms with Crippen molar-refractivity contribution in [1.29, 1.82) is 0 Å². The van der Waals surface area contributed by atoms with Crippen molar-refractivity contribution in [2.24, 2.45) is 0 Å². The summed E-state index contributed by atoms with van der Waals surface area (Å²) in [5.41, 5.74) is 0. The summed E-state index contributed by atoms with van der Waals surface area (Å²) >= 11 is 1.76. The molecule has 0 fully saturated rings. The van der Waals surface area contributed by atoms with E-state index in [4.69, 9.17) is 0 Å². The number of aromatic nitrogens is 1. The molecule has 0 aliphatic heterocycles. The van der Waals surface area contributed by atoms with Gasteiger partial charge in [0.05, 0.1) is 0 Å². The van der Waals surface area contributed by atoms with Crippen molar-refractivity contribution >= 4 is 22.5 Å². The van der Waals surface area contributed by atoms with Crippen molar-refractivity contribution in [2.45, 2.75) is 40.2 Å². The molecule has 1 atom stereocenters. The van der Waals surface area contributed by atoms with E-state index in [0.29, 0.717) is 6.04 Å². The molecule has 1 aromatic heterocycles. The SMILES string of the molecule is CCCNC(C)/C=C/c1cnc(N(CC)CC)s1. The summed E-state index contributed by atoms with van der Waals surface area (Å²) in [5.74, 6) is 0. The van der Waals surface area contributed by atoms with Crippen LogP contribution >= 0.6 is 11.3 Å². The Morgan fingerprint density at radius 1 is 1.39 bits per heavy atom. The lowest BCUT2D eigenvalue weighted by molar-refractivity contribution is 0.625. The molecule has 102 valence electrons. The molecule has 0 amide bonds. The first-order valence-electron chi connectivity index (χ1n) is 6.83. The highest BCUT2D eigenvalue weighted by atomic mass is 32.1. The number of hydrogen-bond acceptors (Lipinski definition) is 4. The van der Waals surface area contributed by atoms with Crippen molar-refractivity contribution in [3.05, 3.63) is 17.2 Å². The van der Waals surface area contributed by atoms with Gasteiger partial charge in [-0.3, -0.25) is 0 Å². The lowest BCUT2D eigenvalue weighted by atomic mass is 10.3. The summed E-state index contributed by atoms with van der Waals surface area (Å²) in [6.45, 7) is 11.8. The minimum absolute atomic E-state index is 0.420. The zero-order chi connectivity index (χ0) is 13.4. The van der Waals surface area contributed by atoms with Crippen LogP contribution in [0.4, 0.5) is 5.13 Å². The molecule has 1 N–H and O–H groups in total. The van der Waals surface area contributed by atoms with Crippen LogP contribution in [0.15, 0.2) is 12.3 Å². The standard InChI is InChI=1S/C14H25N3S/c1-5-10-15-12(4)8-9-13-11-16-14(18-13)17(6-2)7-3/h8-9,11-12,15H,5-7,10H2,1-4H3/b9-8+.